The first kappa shape index (κ1) is 20.0. The molecule has 0 aliphatic carbocycles. The van der Waals surface area contributed by atoms with Gasteiger partial charge in [0.2, 0.25) is 0 Å². The van der Waals surface area contributed by atoms with Gasteiger partial charge >= 0.3 is 0 Å². The summed E-state index contributed by atoms with van der Waals surface area (Å²) < 4.78 is 19.5. The fourth-order valence-electron chi connectivity index (χ4n) is 3.38. The lowest BCUT2D eigenvalue weighted by Crippen LogP contribution is -2.06. The number of nitrogens with zero attached hydrogens (tertiary/aromatic N) is 2. The zero-order valence-corrected chi connectivity index (χ0v) is 17.2. The summed E-state index contributed by atoms with van der Waals surface area (Å²) in [6.45, 7) is 2.37. The number of rotatable bonds is 6. The van der Waals surface area contributed by atoms with Crippen LogP contribution >= 0.6 is 11.3 Å². The summed E-state index contributed by atoms with van der Waals surface area (Å²) in [6.07, 6.45) is 1.46. The summed E-state index contributed by atoms with van der Waals surface area (Å²) in [5, 5.41) is 9.64. The average Bonchev–Trinajstić information content (AvgIpc) is 3.30. The van der Waals surface area contributed by atoms with Crippen LogP contribution < -0.4 is 0 Å². The largest absolute Gasteiger partial charge is 0.363 e. The van der Waals surface area contributed by atoms with Gasteiger partial charge in [0, 0.05) is 11.8 Å². The molecule has 30 heavy (non-hydrogen) atoms. The maximum absolute atomic E-state index is 13.2. The molecule has 0 bridgehead atoms. The number of hydrogen-bond acceptors (Lipinski definition) is 4. The van der Waals surface area contributed by atoms with E-state index in [1.807, 2.05) is 49.4 Å². The monoisotopic (exact) mass is 414 g/mol. The van der Waals surface area contributed by atoms with E-state index in [2.05, 4.69) is 11.1 Å². The van der Waals surface area contributed by atoms with Gasteiger partial charge < -0.3 is 4.74 Å². The Morgan fingerprint density at radius 2 is 1.87 bits per heavy atom. The van der Waals surface area contributed by atoms with E-state index in [4.69, 9.17) is 4.74 Å². The number of thiazole rings is 1. The molecule has 1 unspecified atom stereocenters. The van der Waals surface area contributed by atoms with E-state index >= 15 is 0 Å². The Hall–Kier alpha value is -3.33. The normalized spacial score (nSPS) is 11.8. The van der Waals surface area contributed by atoms with Crippen LogP contribution in [0.4, 0.5) is 4.39 Å². The maximum atomic E-state index is 13.2. The van der Waals surface area contributed by atoms with Crippen molar-refractivity contribution in [3.05, 3.63) is 111 Å². The fourth-order valence-corrected chi connectivity index (χ4v) is 4.07. The summed E-state index contributed by atoms with van der Waals surface area (Å²) in [4.78, 5) is 5.17. The number of hydrogen-bond donors (Lipinski definition) is 0. The zero-order valence-electron chi connectivity index (χ0n) is 16.4. The van der Waals surface area contributed by atoms with Gasteiger partial charge in [-0.25, -0.2) is 4.39 Å². The Balaban J connectivity index is 1.72. The smallest absolute Gasteiger partial charge is 0.123 e. The molecule has 3 nitrogen and oxygen atoms in total. The third-order valence-electron chi connectivity index (χ3n) is 4.94. The topological polar surface area (TPSA) is 45.9 Å². The highest BCUT2D eigenvalue weighted by atomic mass is 32.1. The van der Waals surface area contributed by atoms with E-state index in [9.17, 15) is 9.65 Å². The van der Waals surface area contributed by atoms with Gasteiger partial charge in [-0.2, -0.15) is 5.26 Å². The lowest BCUT2D eigenvalue weighted by Gasteiger charge is -2.19. The summed E-state index contributed by atoms with van der Waals surface area (Å²) in [5.74, 6) is -0.271. The molecule has 0 fully saturated rings. The van der Waals surface area contributed by atoms with Crippen LogP contribution in [0.3, 0.4) is 0 Å². The Kier molecular flexibility index (Phi) is 5.99. The van der Waals surface area contributed by atoms with Gasteiger partial charge in [-0.3, -0.25) is 4.98 Å². The molecule has 3 aromatic carbocycles. The third-order valence-corrected chi connectivity index (χ3v) is 5.76. The molecule has 0 radical (unpaired) electrons. The molecule has 0 aliphatic rings. The summed E-state index contributed by atoms with van der Waals surface area (Å²) in [7, 11) is 0. The van der Waals surface area contributed by atoms with Crippen LogP contribution in [0.5, 0.6) is 0 Å². The first-order valence-corrected chi connectivity index (χ1v) is 10.4. The first-order chi connectivity index (χ1) is 14.7. The van der Waals surface area contributed by atoms with Crippen molar-refractivity contribution >= 4 is 11.3 Å². The van der Waals surface area contributed by atoms with Crippen molar-refractivity contribution in [1.29, 1.82) is 5.26 Å². The number of aromatic nitrogens is 1. The van der Waals surface area contributed by atoms with Crippen molar-refractivity contribution < 1.29 is 9.13 Å². The SMILES string of the molecule is Cc1ccccc1-c1cc(C(OCc2ccc(F)cc2)c2cncs2)ccc1C#N. The molecule has 0 spiro atoms. The van der Waals surface area contributed by atoms with Gasteiger partial charge in [-0.1, -0.05) is 42.5 Å². The van der Waals surface area contributed by atoms with E-state index in [0.29, 0.717) is 12.2 Å². The van der Waals surface area contributed by atoms with Gasteiger partial charge in [0.15, 0.2) is 0 Å². The molecule has 0 saturated heterocycles. The Morgan fingerprint density at radius 3 is 2.57 bits per heavy atom. The molecule has 1 aromatic heterocycles. The lowest BCUT2D eigenvalue weighted by atomic mass is 9.93. The lowest BCUT2D eigenvalue weighted by molar-refractivity contribution is 0.0689. The minimum absolute atomic E-state index is 0.271. The number of benzene rings is 3. The highest BCUT2D eigenvalue weighted by molar-refractivity contribution is 7.09. The summed E-state index contributed by atoms with van der Waals surface area (Å²) in [5.41, 5.74) is 7.24. The molecule has 4 aromatic rings. The molecule has 1 atom stereocenters. The second-order valence-corrected chi connectivity index (χ2v) is 7.87. The molecule has 4 rings (SSSR count). The van der Waals surface area contributed by atoms with Crippen LogP contribution in [-0.4, -0.2) is 4.98 Å². The van der Waals surface area contributed by atoms with Crippen molar-refractivity contribution in [1.82, 2.24) is 4.98 Å². The van der Waals surface area contributed by atoms with Gasteiger partial charge in [-0.15, -0.1) is 11.3 Å². The number of aryl methyl sites for hydroxylation is 1. The summed E-state index contributed by atoms with van der Waals surface area (Å²) in [6, 6.07) is 22.4. The van der Waals surface area contributed by atoms with Crippen molar-refractivity contribution in [2.75, 3.05) is 0 Å². The van der Waals surface area contributed by atoms with E-state index in [1.165, 1.54) is 23.5 Å². The van der Waals surface area contributed by atoms with Crippen LogP contribution in [0.1, 0.15) is 33.2 Å². The Morgan fingerprint density at radius 1 is 1.07 bits per heavy atom. The van der Waals surface area contributed by atoms with Crippen LogP contribution in [0.2, 0.25) is 0 Å². The zero-order chi connectivity index (χ0) is 20.9. The molecular weight excluding hydrogens is 395 g/mol. The second-order valence-electron chi connectivity index (χ2n) is 6.95. The highest BCUT2D eigenvalue weighted by Crippen LogP contribution is 2.34. The van der Waals surface area contributed by atoms with E-state index in [-0.39, 0.29) is 11.9 Å². The van der Waals surface area contributed by atoms with Gasteiger partial charge in [0.1, 0.15) is 11.9 Å². The first-order valence-electron chi connectivity index (χ1n) is 9.50. The number of nitriles is 1. The third kappa shape index (κ3) is 4.30. The minimum atomic E-state index is -0.335. The fraction of sp³-hybridized carbons (Fsp3) is 0.120. The van der Waals surface area contributed by atoms with Crippen LogP contribution in [0.25, 0.3) is 11.1 Å². The molecular formula is C25H19FN2OS. The van der Waals surface area contributed by atoms with Gasteiger partial charge in [-0.05, 0) is 53.4 Å². The number of halogens is 1. The minimum Gasteiger partial charge on any atom is -0.363 e. The molecule has 0 N–H and O–H groups in total. The Labute approximate surface area is 179 Å². The highest BCUT2D eigenvalue weighted by Gasteiger charge is 2.19. The van der Waals surface area contributed by atoms with Crippen LogP contribution in [0.15, 0.2) is 78.4 Å². The van der Waals surface area contributed by atoms with Crippen molar-refractivity contribution in [2.24, 2.45) is 0 Å². The standard InChI is InChI=1S/C25H19FN2OS/c1-17-4-2-3-5-22(17)23-12-19(8-9-20(23)13-27)25(24-14-28-16-30-24)29-15-18-6-10-21(26)11-7-18/h2-12,14,16,25H,15H2,1H3. The molecule has 5 heteroatoms. The van der Waals surface area contributed by atoms with Crippen molar-refractivity contribution in [2.45, 2.75) is 19.6 Å². The van der Waals surface area contributed by atoms with Crippen molar-refractivity contribution in [3.63, 3.8) is 0 Å². The molecule has 0 saturated carbocycles. The molecule has 1 heterocycles. The second kappa shape index (κ2) is 9.00. The molecule has 148 valence electrons. The predicted octanol–water partition coefficient (Wildman–Crippen LogP) is 6.44. The maximum Gasteiger partial charge on any atom is 0.123 e. The van der Waals surface area contributed by atoms with Gasteiger partial charge in [0.25, 0.3) is 0 Å². The van der Waals surface area contributed by atoms with E-state index in [1.54, 1.807) is 23.8 Å². The van der Waals surface area contributed by atoms with Crippen molar-refractivity contribution in [3.8, 4) is 17.2 Å². The number of ether oxygens (including phenoxy) is 1. The predicted molar refractivity (Wildman–Crippen MR) is 116 cm³/mol. The Bertz CT molecular complexity index is 1180. The van der Waals surface area contributed by atoms with E-state index in [0.717, 1.165) is 32.7 Å². The van der Waals surface area contributed by atoms with Gasteiger partial charge in [0.05, 0.1) is 28.6 Å². The average molecular weight is 415 g/mol. The van der Waals surface area contributed by atoms with Crippen LogP contribution in [0, 0.1) is 24.1 Å². The molecule has 0 aliphatic heterocycles. The molecule has 0 amide bonds. The van der Waals surface area contributed by atoms with Crippen LogP contribution in [-0.2, 0) is 11.3 Å². The summed E-state index contributed by atoms with van der Waals surface area (Å²) >= 11 is 1.52. The van der Waals surface area contributed by atoms with E-state index < -0.39 is 0 Å². The quantitative estimate of drug-likeness (QED) is 0.365.